The van der Waals surface area contributed by atoms with Crippen LogP contribution in [0.1, 0.15) is 109 Å². The third-order valence-corrected chi connectivity index (χ3v) is 5.74. The molecule has 1 aliphatic heterocycles. The molecule has 0 N–H and O–H groups in total. The Labute approximate surface area is 183 Å². The first kappa shape index (κ1) is 24.9. The molecule has 0 saturated carbocycles. The molecule has 170 valence electrons. The summed E-state index contributed by atoms with van der Waals surface area (Å²) in [6, 6.07) is 9.85. The second-order valence-electron chi connectivity index (χ2n) is 8.51. The molecule has 1 aliphatic rings. The molecule has 0 aliphatic carbocycles. The third kappa shape index (κ3) is 11.1. The standard InChI is InChI=1S/C26H42O4/c1-2-3-4-5-6-7-8-9-10-11-12-13-17-20-25(27)28-21-24-22-29-26(30-24)23-18-15-14-16-19-23/h14-16,18-19,24,26H,2-13,17,20-22H2,1H3/t24-,26+/m1/s1. The summed E-state index contributed by atoms with van der Waals surface area (Å²) in [6.07, 6.45) is 17.0. The molecule has 4 heteroatoms. The number of carbonyl (C=O) groups is 1. The fourth-order valence-electron chi connectivity index (χ4n) is 3.87. The van der Waals surface area contributed by atoms with E-state index in [1.807, 2.05) is 30.3 Å². The number of ether oxygens (including phenoxy) is 3. The summed E-state index contributed by atoms with van der Waals surface area (Å²) in [5.74, 6) is -0.121. The molecule has 1 fully saturated rings. The monoisotopic (exact) mass is 418 g/mol. The molecule has 1 aromatic rings. The van der Waals surface area contributed by atoms with Crippen molar-refractivity contribution < 1.29 is 19.0 Å². The maximum Gasteiger partial charge on any atom is 0.305 e. The summed E-state index contributed by atoms with van der Waals surface area (Å²) in [6.45, 7) is 3.01. The van der Waals surface area contributed by atoms with Crippen LogP contribution in [0.5, 0.6) is 0 Å². The molecule has 0 radical (unpaired) electrons. The molecule has 1 saturated heterocycles. The quantitative estimate of drug-likeness (QED) is 0.199. The average molecular weight is 419 g/mol. The van der Waals surface area contributed by atoms with E-state index in [1.165, 1.54) is 70.6 Å². The van der Waals surface area contributed by atoms with E-state index in [-0.39, 0.29) is 25.0 Å². The minimum Gasteiger partial charge on any atom is -0.463 e. The molecule has 0 amide bonds. The summed E-state index contributed by atoms with van der Waals surface area (Å²) < 4.78 is 16.8. The summed E-state index contributed by atoms with van der Waals surface area (Å²) in [5.41, 5.74) is 0.998. The van der Waals surface area contributed by atoms with Gasteiger partial charge in [0.1, 0.15) is 12.7 Å². The van der Waals surface area contributed by atoms with E-state index >= 15 is 0 Å². The van der Waals surface area contributed by atoms with Crippen molar-refractivity contribution in [3.05, 3.63) is 35.9 Å². The molecular formula is C26H42O4. The van der Waals surface area contributed by atoms with Crippen LogP contribution in [0.25, 0.3) is 0 Å². The van der Waals surface area contributed by atoms with Gasteiger partial charge in [-0.3, -0.25) is 4.79 Å². The molecule has 0 unspecified atom stereocenters. The minimum atomic E-state index is -0.351. The highest BCUT2D eigenvalue weighted by atomic mass is 16.7. The lowest BCUT2D eigenvalue weighted by molar-refractivity contribution is -0.148. The average Bonchev–Trinajstić information content (AvgIpc) is 3.25. The van der Waals surface area contributed by atoms with E-state index < -0.39 is 0 Å². The maximum absolute atomic E-state index is 11.9. The zero-order chi connectivity index (χ0) is 21.3. The van der Waals surface area contributed by atoms with Gasteiger partial charge in [-0.05, 0) is 6.42 Å². The van der Waals surface area contributed by atoms with E-state index in [1.54, 1.807) is 0 Å². The molecule has 0 bridgehead atoms. The van der Waals surface area contributed by atoms with Gasteiger partial charge in [-0.1, -0.05) is 114 Å². The highest BCUT2D eigenvalue weighted by Crippen LogP contribution is 2.26. The van der Waals surface area contributed by atoms with Gasteiger partial charge in [0.05, 0.1) is 6.61 Å². The normalized spacial score (nSPS) is 18.6. The summed E-state index contributed by atoms with van der Waals surface area (Å²) in [5, 5.41) is 0. The van der Waals surface area contributed by atoms with Crippen molar-refractivity contribution in [2.24, 2.45) is 0 Å². The number of hydrogen-bond acceptors (Lipinski definition) is 4. The van der Waals surface area contributed by atoms with Crippen LogP contribution >= 0.6 is 0 Å². The zero-order valence-corrected chi connectivity index (χ0v) is 19.0. The Hall–Kier alpha value is -1.39. The van der Waals surface area contributed by atoms with Gasteiger partial charge in [0.2, 0.25) is 0 Å². The Morgan fingerprint density at radius 2 is 1.43 bits per heavy atom. The van der Waals surface area contributed by atoms with Gasteiger partial charge in [-0.2, -0.15) is 0 Å². The molecular weight excluding hydrogens is 376 g/mol. The van der Waals surface area contributed by atoms with Crippen molar-refractivity contribution >= 4 is 5.97 Å². The van der Waals surface area contributed by atoms with Crippen molar-refractivity contribution in [3.8, 4) is 0 Å². The molecule has 1 heterocycles. The van der Waals surface area contributed by atoms with E-state index in [4.69, 9.17) is 14.2 Å². The fraction of sp³-hybridized carbons (Fsp3) is 0.731. The fourth-order valence-corrected chi connectivity index (χ4v) is 3.87. The lowest BCUT2D eigenvalue weighted by Gasteiger charge is -2.12. The van der Waals surface area contributed by atoms with Crippen molar-refractivity contribution in [2.75, 3.05) is 13.2 Å². The van der Waals surface area contributed by atoms with Crippen LogP contribution in [0, 0.1) is 0 Å². The molecule has 2 rings (SSSR count). The smallest absolute Gasteiger partial charge is 0.305 e. The predicted molar refractivity (Wildman–Crippen MR) is 121 cm³/mol. The molecule has 0 spiro atoms. The molecule has 4 nitrogen and oxygen atoms in total. The molecule has 2 atom stereocenters. The van der Waals surface area contributed by atoms with E-state index in [0.29, 0.717) is 13.0 Å². The van der Waals surface area contributed by atoms with Gasteiger partial charge < -0.3 is 14.2 Å². The van der Waals surface area contributed by atoms with E-state index in [0.717, 1.165) is 18.4 Å². The Bertz CT molecular complexity index is 545. The summed E-state index contributed by atoms with van der Waals surface area (Å²) in [7, 11) is 0. The maximum atomic E-state index is 11.9. The number of benzene rings is 1. The van der Waals surface area contributed by atoms with Gasteiger partial charge >= 0.3 is 5.97 Å². The number of hydrogen-bond donors (Lipinski definition) is 0. The predicted octanol–water partition coefficient (Wildman–Crippen LogP) is 7.13. The third-order valence-electron chi connectivity index (χ3n) is 5.74. The van der Waals surface area contributed by atoms with E-state index in [9.17, 15) is 4.79 Å². The van der Waals surface area contributed by atoms with Crippen LogP contribution in [-0.4, -0.2) is 25.3 Å². The van der Waals surface area contributed by atoms with Gasteiger partial charge in [-0.25, -0.2) is 0 Å². The second-order valence-corrected chi connectivity index (χ2v) is 8.51. The Kier molecular flexibility index (Phi) is 13.5. The Morgan fingerprint density at radius 1 is 0.867 bits per heavy atom. The minimum absolute atomic E-state index is 0.121. The largest absolute Gasteiger partial charge is 0.463 e. The van der Waals surface area contributed by atoms with Gasteiger partial charge in [0, 0.05) is 12.0 Å². The molecule has 30 heavy (non-hydrogen) atoms. The lowest BCUT2D eigenvalue weighted by Crippen LogP contribution is -2.20. The highest BCUT2D eigenvalue weighted by molar-refractivity contribution is 5.69. The van der Waals surface area contributed by atoms with Gasteiger partial charge in [-0.15, -0.1) is 0 Å². The molecule has 0 aromatic heterocycles. The van der Waals surface area contributed by atoms with Crippen LogP contribution in [0.15, 0.2) is 30.3 Å². The van der Waals surface area contributed by atoms with Gasteiger partial charge in [0.15, 0.2) is 6.29 Å². The van der Waals surface area contributed by atoms with Crippen molar-refractivity contribution in [3.63, 3.8) is 0 Å². The van der Waals surface area contributed by atoms with Crippen molar-refractivity contribution in [1.29, 1.82) is 0 Å². The van der Waals surface area contributed by atoms with Crippen LogP contribution < -0.4 is 0 Å². The summed E-state index contributed by atoms with van der Waals surface area (Å²) >= 11 is 0. The lowest BCUT2D eigenvalue weighted by atomic mass is 10.0. The van der Waals surface area contributed by atoms with Crippen LogP contribution in [0.4, 0.5) is 0 Å². The second kappa shape index (κ2) is 16.3. The van der Waals surface area contributed by atoms with Crippen molar-refractivity contribution in [1.82, 2.24) is 0 Å². The number of rotatable bonds is 17. The number of carbonyl (C=O) groups excluding carboxylic acids is 1. The van der Waals surface area contributed by atoms with Crippen LogP contribution in [0.2, 0.25) is 0 Å². The Balaban J connectivity index is 1.36. The molecule has 1 aromatic carbocycles. The first-order valence-electron chi connectivity index (χ1n) is 12.3. The first-order valence-corrected chi connectivity index (χ1v) is 12.3. The van der Waals surface area contributed by atoms with E-state index in [2.05, 4.69) is 6.92 Å². The number of esters is 1. The van der Waals surface area contributed by atoms with Gasteiger partial charge in [0.25, 0.3) is 0 Å². The topological polar surface area (TPSA) is 44.8 Å². The van der Waals surface area contributed by atoms with Crippen molar-refractivity contribution in [2.45, 2.75) is 109 Å². The Morgan fingerprint density at radius 3 is 2.03 bits per heavy atom. The summed E-state index contributed by atoms with van der Waals surface area (Å²) in [4.78, 5) is 11.9. The SMILES string of the molecule is CCCCCCCCCCCCCCCC(=O)OC[C@@H]1CO[C@H](c2ccccc2)O1. The van der Waals surface area contributed by atoms with Crippen LogP contribution in [-0.2, 0) is 19.0 Å². The zero-order valence-electron chi connectivity index (χ0n) is 19.0. The van der Waals surface area contributed by atoms with Crippen LogP contribution in [0.3, 0.4) is 0 Å². The number of unbranched alkanes of at least 4 members (excludes halogenated alkanes) is 12. The highest BCUT2D eigenvalue weighted by Gasteiger charge is 2.28. The first-order chi connectivity index (χ1) is 14.8.